The zero-order valence-electron chi connectivity index (χ0n) is 15.4. The number of rotatable bonds is 11. The molecule has 1 aromatic rings. The third-order valence-corrected chi connectivity index (χ3v) is 3.77. The van der Waals surface area contributed by atoms with E-state index in [0.717, 1.165) is 0 Å². The first-order valence-electron chi connectivity index (χ1n) is 8.41. The van der Waals surface area contributed by atoms with Crippen LogP contribution in [0.4, 0.5) is 39.5 Å². The van der Waals surface area contributed by atoms with Crippen LogP contribution in [0.25, 0.3) is 0 Å². The number of carbonyl (C=O) groups is 2. The second-order valence-electron chi connectivity index (χ2n) is 6.07. The van der Waals surface area contributed by atoms with E-state index in [9.17, 15) is 49.1 Å². The van der Waals surface area contributed by atoms with Gasteiger partial charge in [0.05, 0.1) is 6.61 Å². The largest absolute Gasteiger partial charge is 0.468 e. The Morgan fingerprint density at radius 3 is 1.97 bits per heavy atom. The van der Waals surface area contributed by atoms with E-state index < -0.39 is 48.0 Å². The molecule has 0 amide bonds. The predicted molar refractivity (Wildman–Crippen MR) is 86.9 cm³/mol. The molecule has 0 bridgehead atoms. The molecule has 0 heterocycles. The van der Waals surface area contributed by atoms with E-state index in [2.05, 4.69) is 9.47 Å². The number of carbonyl (C=O) groups excluding carboxylic acids is 2. The molecule has 0 aliphatic carbocycles. The van der Waals surface area contributed by atoms with Gasteiger partial charge in [-0.15, -0.1) is 0 Å². The van der Waals surface area contributed by atoms with Crippen molar-refractivity contribution in [1.82, 2.24) is 0 Å². The SMILES string of the molecule is O=COCCCC/C(=C\C(F)(F)C(F)(F)C(F)(F)C(F)(F)F)C(=O)Oc1ccccc1. The molecule has 0 unspecified atom stereocenters. The monoisotopic (exact) mass is 466 g/mol. The number of allylic oxidation sites excluding steroid dienone is 1. The normalized spacial score (nSPS) is 13.6. The van der Waals surface area contributed by atoms with Gasteiger partial charge in [-0.1, -0.05) is 18.2 Å². The molecule has 31 heavy (non-hydrogen) atoms. The zero-order chi connectivity index (χ0) is 23.9. The molecule has 0 atom stereocenters. The van der Waals surface area contributed by atoms with Crippen LogP contribution in [0.2, 0.25) is 0 Å². The Hall–Kier alpha value is -2.73. The molecular weight excluding hydrogens is 451 g/mol. The van der Waals surface area contributed by atoms with Crippen LogP contribution in [-0.2, 0) is 14.3 Å². The van der Waals surface area contributed by atoms with Crippen molar-refractivity contribution < 1.29 is 58.6 Å². The number of ether oxygens (including phenoxy) is 2. The van der Waals surface area contributed by atoms with Crippen molar-refractivity contribution in [2.75, 3.05) is 6.61 Å². The van der Waals surface area contributed by atoms with Crippen molar-refractivity contribution in [3.05, 3.63) is 42.0 Å². The molecule has 0 saturated heterocycles. The van der Waals surface area contributed by atoms with Crippen LogP contribution in [0.1, 0.15) is 19.3 Å². The quantitative estimate of drug-likeness (QED) is 0.111. The lowest BCUT2D eigenvalue weighted by Gasteiger charge is -2.32. The van der Waals surface area contributed by atoms with E-state index >= 15 is 0 Å². The summed E-state index contributed by atoms with van der Waals surface area (Å²) in [7, 11) is 0. The number of para-hydroxylation sites is 1. The van der Waals surface area contributed by atoms with Crippen LogP contribution in [0.15, 0.2) is 42.0 Å². The lowest BCUT2D eigenvalue weighted by molar-refractivity contribution is -0.388. The van der Waals surface area contributed by atoms with Gasteiger partial charge in [-0.25, -0.2) is 4.79 Å². The third-order valence-electron chi connectivity index (χ3n) is 3.77. The van der Waals surface area contributed by atoms with E-state index in [1.54, 1.807) is 0 Å². The van der Waals surface area contributed by atoms with Crippen molar-refractivity contribution >= 4 is 12.4 Å². The summed E-state index contributed by atoms with van der Waals surface area (Å²) in [5.41, 5.74) is -1.27. The van der Waals surface area contributed by atoms with Gasteiger partial charge in [-0.2, -0.15) is 39.5 Å². The molecule has 0 aromatic heterocycles. The van der Waals surface area contributed by atoms with Crippen molar-refractivity contribution in [2.24, 2.45) is 0 Å². The van der Waals surface area contributed by atoms with Crippen molar-refractivity contribution in [3.63, 3.8) is 0 Å². The second-order valence-corrected chi connectivity index (χ2v) is 6.07. The first kappa shape index (κ1) is 26.3. The molecule has 0 spiro atoms. The lowest BCUT2D eigenvalue weighted by atomic mass is 9.99. The van der Waals surface area contributed by atoms with E-state index in [0.29, 0.717) is 0 Å². The number of unbranched alkanes of at least 4 members (excludes halogenated alkanes) is 1. The van der Waals surface area contributed by atoms with Crippen LogP contribution < -0.4 is 4.74 Å². The molecule has 0 saturated carbocycles. The van der Waals surface area contributed by atoms with Crippen LogP contribution in [0.5, 0.6) is 5.75 Å². The van der Waals surface area contributed by atoms with Gasteiger partial charge in [-0.3, -0.25) is 4.79 Å². The highest BCUT2D eigenvalue weighted by Crippen LogP contribution is 2.53. The van der Waals surface area contributed by atoms with Gasteiger partial charge in [-0.05, 0) is 31.4 Å². The minimum absolute atomic E-state index is 0.0499. The molecule has 1 rings (SSSR count). The number of hydrogen-bond acceptors (Lipinski definition) is 4. The second kappa shape index (κ2) is 10.1. The Labute approximate surface area is 169 Å². The number of benzene rings is 1. The van der Waals surface area contributed by atoms with Gasteiger partial charge in [0.2, 0.25) is 0 Å². The Kier molecular flexibility index (Phi) is 8.53. The molecule has 0 radical (unpaired) electrons. The summed E-state index contributed by atoms with van der Waals surface area (Å²) >= 11 is 0. The topological polar surface area (TPSA) is 52.6 Å². The van der Waals surface area contributed by atoms with Crippen molar-refractivity contribution in [2.45, 2.75) is 43.2 Å². The summed E-state index contributed by atoms with van der Waals surface area (Å²) in [5.74, 6) is -22.0. The van der Waals surface area contributed by atoms with Crippen molar-refractivity contribution in [3.8, 4) is 5.75 Å². The van der Waals surface area contributed by atoms with Crippen LogP contribution in [0.3, 0.4) is 0 Å². The lowest BCUT2D eigenvalue weighted by Crippen LogP contribution is -2.60. The highest BCUT2D eigenvalue weighted by molar-refractivity contribution is 5.90. The third kappa shape index (κ3) is 6.37. The van der Waals surface area contributed by atoms with E-state index in [-0.39, 0.29) is 31.7 Å². The molecule has 13 heteroatoms. The smallest absolute Gasteiger partial charge is 0.460 e. The highest BCUT2D eigenvalue weighted by atomic mass is 19.4. The summed E-state index contributed by atoms with van der Waals surface area (Å²) in [6.07, 6.45) is -9.02. The van der Waals surface area contributed by atoms with Gasteiger partial charge in [0.25, 0.3) is 6.47 Å². The Morgan fingerprint density at radius 1 is 0.871 bits per heavy atom. The van der Waals surface area contributed by atoms with E-state index in [4.69, 9.17) is 0 Å². The maximum absolute atomic E-state index is 13.9. The number of hydrogen-bond donors (Lipinski definition) is 0. The molecule has 0 aliphatic heterocycles. The first-order valence-corrected chi connectivity index (χ1v) is 8.41. The maximum atomic E-state index is 13.9. The predicted octanol–water partition coefficient (Wildman–Crippen LogP) is 5.33. The Balaban J connectivity index is 3.24. The number of esters is 1. The molecule has 174 valence electrons. The maximum Gasteiger partial charge on any atom is 0.460 e. The molecule has 0 fully saturated rings. The zero-order valence-corrected chi connectivity index (χ0v) is 15.4. The summed E-state index contributed by atoms with van der Waals surface area (Å²) < 4.78 is 127. The van der Waals surface area contributed by atoms with Gasteiger partial charge in [0, 0.05) is 11.6 Å². The van der Waals surface area contributed by atoms with Crippen LogP contribution in [-0.4, -0.2) is 43.0 Å². The first-order chi connectivity index (χ1) is 14.2. The van der Waals surface area contributed by atoms with Gasteiger partial charge >= 0.3 is 29.9 Å². The fourth-order valence-corrected chi connectivity index (χ4v) is 2.14. The summed E-state index contributed by atoms with van der Waals surface area (Å²) in [5, 5.41) is 0. The average molecular weight is 466 g/mol. The van der Waals surface area contributed by atoms with Gasteiger partial charge in [0.15, 0.2) is 0 Å². The standard InChI is InChI=1S/C18H15F9O4/c19-15(20,16(21,22)17(23,24)18(25,26)27)10-12(6-4-5-9-30-11-28)14(29)31-13-7-2-1-3-8-13/h1-3,7-8,10-11H,4-6,9H2/b12-10+. The van der Waals surface area contributed by atoms with Crippen molar-refractivity contribution in [1.29, 1.82) is 0 Å². The summed E-state index contributed by atoms with van der Waals surface area (Å²) in [6, 6.07) is 6.55. The molecule has 0 N–H and O–H groups in total. The summed E-state index contributed by atoms with van der Waals surface area (Å²) in [4.78, 5) is 22.2. The Bertz CT molecular complexity index is 774. The molecule has 0 aliphatic rings. The van der Waals surface area contributed by atoms with Gasteiger partial charge < -0.3 is 9.47 Å². The minimum Gasteiger partial charge on any atom is -0.468 e. The minimum atomic E-state index is -7.09. The van der Waals surface area contributed by atoms with Gasteiger partial charge in [0.1, 0.15) is 5.75 Å². The molecular formula is C18H15F9O4. The van der Waals surface area contributed by atoms with Crippen LogP contribution in [0, 0.1) is 0 Å². The fourth-order valence-electron chi connectivity index (χ4n) is 2.14. The highest BCUT2D eigenvalue weighted by Gasteiger charge is 2.81. The number of alkyl halides is 9. The molecule has 4 nitrogen and oxygen atoms in total. The van der Waals surface area contributed by atoms with E-state index in [1.807, 2.05) is 0 Å². The summed E-state index contributed by atoms with van der Waals surface area (Å²) in [6.45, 7) is -0.197. The average Bonchev–Trinajstić information content (AvgIpc) is 2.66. The van der Waals surface area contributed by atoms with Crippen LogP contribution >= 0.6 is 0 Å². The number of halogens is 9. The Morgan fingerprint density at radius 2 is 1.45 bits per heavy atom. The fraction of sp³-hybridized carbons (Fsp3) is 0.444. The molecule has 1 aromatic carbocycles. The van der Waals surface area contributed by atoms with E-state index in [1.165, 1.54) is 30.3 Å².